The first-order chi connectivity index (χ1) is 12.1. The molecular weight excluding hydrogens is 388 g/mol. The van der Waals surface area contributed by atoms with Gasteiger partial charge in [0.05, 0.1) is 25.4 Å². The topological polar surface area (TPSA) is 74.0 Å². The number of nitrogens with two attached hydrogens (primary N) is 1. The largest absolute Gasteiger partial charge is 0.465 e. The molecule has 25 heavy (non-hydrogen) atoms. The van der Waals surface area contributed by atoms with Crippen LogP contribution in [0.4, 0.5) is 11.4 Å². The summed E-state index contributed by atoms with van der Waals surface area (Å²) in [7, 11) is 1.61. The fourth-order valence-electron chi connectivity index (χ4n) is 2.64. The highest BCUT2D eigenvalue weighted by atomic mass is 79.9. The highest BCUT2D eigenvalue weighted by Gasteiger charge is 2.28. The van der Waals surface area contributed by atoms with Gasteiger partial charge in [0.15, 0.2) is 6.79 Å². The SMILES string of the molecule is COCCOCOc1ccc(N2Cc3cc(Br)ccc3C2=O)cc1N. The summed E-state index contributed by atoms with van der Waals surface area (Å²) < 4.78 is 16.6. The van der Waals surface area contributed by atoms with Crippen LogP contribution in [0, 0.1) is 0 Å². The Balaban J connectivity index is 1.68. The smallest absolute Gasteiger partial charge is 0.258 e. The van der Waals surface area contributed by atoms with E-state index in [4.69, 9.17) is 19.9 Å². The Morgan fingerprint density at radius 3 is 2.80 bits per heavy atom. The second kappa shape index (κ2) is 7.86. The van der Waals surface area contributed by atoms with Gasteiger partial charge < -0.3 is 24.8 Å². The molecule has 6 nitrogen and oxygen atoms in total. The first-order valence-electron chi connectivity index (χ1n) is 7.79. The van der Waals surface area contributed by atoms with E-state index in [0.29, 0.717) is 36.8 Å². The first kappa shape index (κ1) is 17.7. The van der Waals surface area contributed by atoms with E-state index in [0.717, 1.165) is 15.7 Å². The minimum atomic E-state index is -0.0292. The van der Waals surface area contributed by atoms with Crippen LogP contribution in [0.3, 0.4) is 0 Å². The minimum Gasteiger partial charge on any atom is -0.465 e. The standard InChI is InChI=1S/C18H19BrN2O4/c1-23-6-7-24-11-25-17-5-3-14(9-16(17)20)21-10-12-8-13(19)2-4-15(12)18(21)22/h2-5,8-9H,6-7,10-11,20H2,1H3. The summed E-state index contributed by atoms with van der Waals surface area (Å²) in [5.74, 6) is 0.492. The van der Waals surface area contributed by atoms with Crippen LogP contribution >= 0.6 is 15.9 Å². The normalized spacial score (nSPS) is 13.2. The molecule has 1 aliphatic heterocycles. The lowest BCUT2D eigenvalue weighted by Gasteiger charge is -2.17. The number of rotatable bonds is 7. The number of carbonyl (C=O) groups is 1. The Labute approximate surface area is 154 Å². The van der Waals surface area contributed by atoms with E-state index >= 15 is 0 Å². The molecule has 2 N–H and O–H groups in total. The molecule has 3 rings (SSSR count). The summed E-state index contributed by atoms with van der Waals surface area (Å²) in [5, 5.41) is 0. The van der Waals surface area contributed by atoms with Gasteiger partial charge in [-0.05, 0) is 42.0 Å². The molecule has 0 saturated carbocycles. The molecule has 1 heterocycles. The number of hydrogen-bond donors (Lipinski definition) is 1. The van der Waals surface area contributed by atoms with Crippen LogP contribution < -0.4 is 15.4 Å². The van der Waals surface area contributed by atoms with Gasteiger partial charge in [-0.25, -0.2) is 0 Å². The van der Waals surface area contributed by atoms with Crippen molar-refractivity contribution in [2.24, 2.45) is 0 Å². The van der Waals surface area contributed by atoms with Crippen molar-refractivity contribution in [1.82, 2.24) is 0 Å². The molecule has 0 bridgehead atoms. The summed E-state index contributed by atoms with van der Waals surface area (Å²) >= 11 is 3.44. The van der Waals surface area contributed by atoms with Gasteiger partial charge in [0.1, 0.15) is 5.75 Å². The molecule has 0 unspecified atom stereocenters. The van der Waals surface area contributed by atoms with E-state index in [9.17, 15) is 4.79 Å². The van der Waals surface area contributed by atoms with Crippen molar-refractivity contribution in [3.63, 3.8) is 0 Å². The molecular formula is C18H19BrN2O4. The van der Waals surface area contributed by atoms with Crippen LogP contribution in [0.25, 0.3) is 0 Å². The third-order valence-corrected chi connectivity index (χ3v) is 4.40. The van der Waals surface area contributed by atoms with Crippen LogP contribution in [0.1, 0.15) is 15.9 Å². The number of nitrogen functional groups attached to an aromatic ring is 1. The van der Waals surface area contributed by atoms with Gasteiger partial charge in [0, 0.05) is 22.8 Å². The van der Waals surface area contributed by atoms with Crippen LogP contribution in [0.15, 0.2) is 40.9 Å². The summed E-state index contributed by atoms with van der Waals surface area (Å²) in [5.41, 5.74) is 8.96. The quantitative estimate of drug-likeness (QED) is 0.434. The van der Waals surface area contributed by atoms with Gasteiger partial charge in [0.25, 0.3) is 5.91 Å². The maximum atomic E-state index is 12.6. The number of carbonyl (C=O) groups excluding carboxylic acids is 1. The molecule has 7 heteroatoms. The maximum Gasteiger partial charge on any atom is 0.258 e. The van der Waals surface area contributed by atoms with Crippen molar-refractivity contribution in [2.45, 2.75) is 6.54 Å². The molecule has 0 atom stereocenters. The number of anilines is 2. The Morgan fingerprint density at radius 1 is 1.20 bits per heavy atom. The molecule has 0 radical (unpaired) electrons. The van der Waals surface area contributed by atoms with Crippen molar-refractivity contribution in [3.8, 4) is 5.75 Å². The predicted molar refractivity (Wildman–Crippen MR) is 98.8 cm³/mol. The summed E-state index contributed by atoms with van der Waals surface area (Å²) in [6.45, 7) is 1.57. The number of benzene rings is 2. The molecule has 0 saturated heterocycles. The lowest BCUT2D eigenvalue weighted by atomic mass is 10.1. The van der Waals surface area contributed by atoms with Gasteiger partial charge in [0.2, 0.25) is 0 Å². The number of methoxy groups -OCH3 is 1. The summed E-state index contributed by atoms with van der Waals surface area (Å²) in [6, 6.07) is 11.0. The van der Waals surface area contributed by atoms with Gasteiger partial charge in [-0.2, -0.15) is 0 Å². The highest BCUT2D eigenvalue weighted by Crippen LogP contribution is 2.33. The average molecular weight is 407 g/mol. The van der Waals surface area contributed by atoms with E-state index < -0.39 is 0 Å². The van der Waals surface area contributed by atoms with E-state index in [1.54, 1.807) is 24.1 Å². The molecule has 0 aromatic heterocycles. The number of amides is 1. The second-order valence-electron chi connectivity index (χ2n) is 5.58. The Kier molecular flexibility index (Phi) is 5.57. The van der Waals surface area contributed by atoms with Crippen LogP contribution in [-0.4, -0.2) is 33.0 Å². The van der Waals surface area contributed by atoms with E-state index in [-0.39, 0.29) is 12.7 Å². The number of fused-ring (bicyclic) bond motifs is 1. The van der Waals surface area contributed by atoms with Crippen molar-refractivity contribution in [3.05, 3.63) is 52.0 Å². The highest BCUT2D eigenvalue weighted by molar-refractivity contribution is 9.10. The fraction of sp³-hybridized carbons (Fsp3) is 0.278. The van der Waals surface area contributed by atoms with Crippen molar-refractivity contribution >= 4 is 33.2 Å². The molecule has 132 valence electrons. The third kappa shape index (κ3) is 3.95. The van der Waals surface area contributed by atoms with Gasteiger partial charge in [-0.3, -0.25) is 4.79 Å². The zero-order valence-electron chi connectivity index (χ0n) is 13.8. The van der Waals surface area contributed by atoms with E-state index in [2.05, 4.69) is 15.9 Å². The Hall–Kier alpha value is -2.09. The molecule has 0 fully saturated rings. The molecule has 2 aromatic carbocycles. The Bertz CT molecular complexity index is 782. The fourth-order valence-corrected chi connectivity index (χ4v) is 3.05. The van der Waals surface area contributed by atoms with Crippen LogP contribution in [-0.2, 0) is 16.0 Å². The average Bonchev–Trinajstić information content (AvgIpc) is 2.92. The molecule has 2 aromatic rings. The monoisotopic (exact) mass is 406 g/mol. The maximum absolute atomic E-state index is 12.6. The molecule has 0 aliphatic carbocycles. The zero-order chi connectivity index (χ0) is 17.8. The van der Waals surface area contributed by atoms with Crippen molar-refractivity contribution < 1.29 is 19.0 Å². The molecule has 0 spiro atoms. The van der Waals surface area contributed by atoms with Gasteiger partial charge in [-0.15, -0.1) is 0 Å². The predicted octanol–water partition coefficient (Wildman–Crippen LogP) is 3.19. The lowest BCUT2D eigenvalue weighted by molar-refractivity contribution is -0.00813. The lowest BCUT2D eigenvalue weighted by Crippen LogP contribution is -2.23. The summed E-state index contributed by atoms with van der Waals surface area (Å²) in [6.07, 6.45) is 0. The summed E-state index contributed by atoms with van der Waals surface area (Å²) in [4.78, 5) is 14.3. The molecule has 1 aliphatic rings. The van der Waals surface area contributed by atoms with E-state index in [1.165, 1.54) is 0 Å². The van der Waals surface area contributed by atoms with Gasteiger partial charge >= 0.3 is 0 Å². The van der Waals surface area contributed by atoms with Crippen molar-refractivity contribution in [2.75, 3.05) is 37.8 Å². The number of halogens is 1. The van der Waals surface area contributed by atoms with E-state index in [1.807, 2.05) is 24.3 Å². The molecule has 1 amide bonds. The number of hydrogen-bond acceptors (Lipinski definition) is 5. The second-order valence-corrected chi connectivity index (χ2v) is 6.49. The first-order valence-corrected chi connectivity index (χ1v) is 8.58. The van der Waals surface area contributed by atoms with Crippen molar-refractivity contribution in [1.29, 1.82) is 0 Å². The third-order valence-electron chi connectivity index (χ3n) is 3.91. The number of nitrogens with zero attached hydrogens (tertiary/aromatic N) is 1. The van der Waals surface area contributed by atoms with Crippen LogP contribution in [0.2, 0.25) is 0 Å². The zero-order valence-corrected chi connectivity index (χ0v) is 15.4. The Morgan fingerprint density at radius 2 is 2.04 bits per heavy atom. The van der Waals surface area contributed by atoms with Crippen LogP contribution in [0.5, 0.6) is 5.75 Å². The van der Waals surface area contributed by atoms with Gasteiger partial charge in [-0.1, -0.05) is 15.9 Å². The number of ether oxygens (including phenoxy) is 3. The minimum absolute atomic E-state index is 0.0292.